The van der Waals surface area contributed by atoms with Gasteiger partial charge in [0.1, 0.15) is 5.82 Å². The maximum atomic E-state index is 13.9. The molecule has 0 amide bonds. The van der Waals surface area contributed by atoms with Crippen molar-refractivity contribution in [3.05, 3.63) is 47.8 Å². The summed E-state index contributed by atoms with van der Waals surface area (Å²) in [5.41, 5.74) is -1.16. The number of allylic oxidation sites excluding steroid dienone is 1. The van der Waals surface area contributed by atoms with Crippen LogP contribution in [0, 0.1) is 5.82 Å². The minimum Gasteiger partial charge on any atom is -0.313 e. The third-order valence-electron chi connectivity index (χ3n) is 2.96. The number of hydrogen-bond acceptors (Lipinski definition) is 1. The molecule has 0 radical (unpaired) electrons. The van der Waals surface area contributed by atoms with Gasteiger partial charge in [-0.05, 0) is 32.4 Å². The minimum atomic E-state index is -4.67. The van der Waals surface area contributed by atoms with Crippen LogP contribution in [-0.2, 0) is 6.18 Å². The molecule has 1 unspecified atom stereocenters. The van der Waals surface area contributed by atoms with Crippen LogP contribution < -0.4 is 5.32 Å². The maximum Gasteiger partial charge on any atom is 0.419 e. The molecule has 0 spiro atoms. The number of alkyl halides is 3. The number of rotatable bonds is 6. The highest BCUT2D eigenvalue weighted by molar-refractivity contribution is 5.30. The van der Waals surface area contributed by atoms with Crippen LogP contribution in [0.25, 0.3) is 0 Å². The van der Waals surface area contributed by atoms with E-state index in [1.54, 1.807) is 13.1 Å². The van der Waals surface area contributed by atoms with Gasteiger partial charge in [-0.2, -0.15) is 13.2 Å². The van der Waals surface area contributed by atoms with Crippen LogP contribution >= 0.6 is 0 Å². The molecule has 1 aromatic rings. The zero-order valence-electron chi connectivity index (χ0n) is 10.7. The molecule has 1 N–H and O–H groups in total. The number of benzene rings is 1. The summed E-state index contributed by atoms with van der Waals surface area (Å²) in [6.07, 6.45) is -0.890. The fourth-order valence-corrected chi connectivity index (χ4v) is 1.96. The third kappa shape index (κ3) is 4.06. The first kappa shape index (κ1) is 15.7. The molecule has 19 heavy (non-hydrogen) atoms. The normalized spacial score (nSPS) is 13.3. The van der Waals surface area contributed by atoms with Crippen molar-refractivity contribution in [3.63, 3.8) is 0 Å². The van der Waals surface area contributed by atoms with Crippen molar-refractivity contribution in [3.8, 4) is 0 Å². The molecule has 0 aliphatic carbocycles. The van der Waals surface area contributed by atoms with Crippen LogP contribution in [0.5, 0.6) is 0 Å². The first-order valence-corrected chi connectivity index (χ1v) is 6.05. The quantitative estimate of drug-likeness (QED) is 0.459. The molecule has 5 heteroatoms. The molecule has 1 rings (SSSR count). The van der Waals surface area contributed by atoms with E-state index in [0.29, 0.717) is 6.42 Å². The Morgan fingerprint density at radius 3 is 2.58 bits per heavy atom. The maximum absolute atomic E-state index is 13.9. The van der Waals surface area contributed by atoms with Crippen molar-refractivity contribution in [2.45, 2.75) is 31.5 Å². The Balaban J connectivity index is 3.01. The van der Waals surface area contributed by atoms with E-state index >= 15 is 0 Å². The summed E-state index contributed by atoms with van der Waals surface area (Å²) < 4.78 is 51.8. The monoisotopic (exact) mass is 275 g/mol. The average molecular weight is 275 g/mol. The van der Waals surface area contributed by atoms with E-state index in [1.165, 1.54) is 12.1 Å². The summed E-state index contributed by atoms with van der Waals surface area (Å²) in [4.78, 5) is 0. The highest BCUT2D eigenvalue weighted by Crippen LogP contribution is 2.34. The summed E-state index contributed by atoms with van der Waals surface area (Å²) in [7, 11) is 1.61. The summed E-state index contributed by atoms with van der Waals surface area (Å²) >= 11 is 0. The molecule has 0 heterocycles. The highest BCUT2D eigenvalue weighted by atomic mass is 19.4. The highest BCUT2D eigenvalue weighted by Gasteiger charge is 2.35. The van der Waals surface area contributed by atoms with E-state index < -0.39 is 23.6 Å². The number of nitrogens with one attached hydrogen (secondary N) is 1. The van der Waals surface area contributed by atoms with Crippen LogP contribution in [0.2, 0.25) is 0 Å². The molecular formula is C14H17F4N. The average Bonchev–Trinajstić information content (AvgIpc) is 2.34. The van der Waals surface area contributed by atoms with E-state index in [-0.39, 0.29) is 5.56 Å². The number of unbranched alkanes of at least 4 members (excludes halogenated alkanes) is 1. The molecule has 1 nitrogen and oxygen atoms in total. The van der Waals surface area contributed by atoms with Crippen molar-refractivity contribution in [2.75, 3.05) is 7.05 Å². The Morgan fingerprint density at radius 2 is 2.05 bits per heavy atom. The Morgan fingerprint density at radius 1 is 1.37 bits per heavy atom. The summed E-state index contributed by atoms with van der Waals surface area (Å²) in [5.74, 6) is -1.19. The van der Waals surface area contributed by atoms with Gasteiger partial charge in [0.15, 0.2) is 0 Å². The fourth-order valence-electron chi connectivity index (χ4n) is 1.96. The second-order valence-electron chi connectivity index (χ2n) is 4.27. The number of hydrogen-bond donors (Lipinski definition) is 1. The van der Waals surface area contributed by atoms with Gasteiger partial charge in [0.05, 0.1) is 5.56 Å². The molecule has 1 atom stereocenters. The first-order chi connectivity index (χ1) is 8.91. The molecule has 0 bridgehead atoms. The van der Waals surface area contributed by atoms with Gasteiger partial charge in [-0.1, -0.05) is 18.2 Å². The van der Waals surface area contributed by atoms with E-state index in [9.17, 15) is 17.6 Å². The second kappa shape index (κ2) is 6.70. The molecule has 0 aliphatic heterocycles. The Kier molecular flexibility index (Phi) is 5.54. The van der Waals surface area contributed by atoms with Gasteiger partial charge in [-0.15, -0.1) is 6.58 Å². The van der Waals surface area contributed by atoms with Crippen LogP contribution in [0.4, 0.5) is 17.6 Å². The SMILES string of the molecule is C=CCCCC(NC)c1cccc(C(F)(F)F)c1F. The van der Waals surface area contributed by atoms with Crippen LogP contribution in [0.1, 0.15) is 36.4 Å². The Bertz CT molecular complexity index is 426. The van der Waals surface area contributed by atoms with Gasteiger partial charge in [-0.25, -0.2) is 4.39 Å². The van der Waals surface area contributed by atoms with Crippen molar-refractivity contribution < 1.29 is 17.6 Å². The van der Waals surface area contributed by atoms with Gasteiger partial charge in [0.2, 0.25) is 0 Å². The lowest BCUT2D eigenvalue weighted by atomic mass is 9.98. The topological polar surface area (TPSA) is 12.0 Å². The van der Waals surface area contributed by atoms with Crippen LogP contribution in [0.15, 0.2) is 30.9 Å². The lowest BCUT2D eigenvalue weighted by molar-refractivity contribution is -0.140. The smallest absolute Gasteiger partial charge is 0.313 e. The zero-order valence-corrected chi connectivity index (χ0v) is 10.7. The van der Waals surface area contributed by atoms with Crippen molar-refractivity contribution in [2.24, 2.45) is 0 Å². The first-order valence-electron chi connectivity index (χ1n) is 6.05. The zero-order chi connectivity index (χ0) is 14.5. The van der Waals surface area contributed by atoms with Gasteiger partial charge in [0.25, 0.3) is 0 Å². The van der Waals surface area contributed by atoms with Crippen molar-refractivity contribution in [1.29, 1.82) is 0 Å². The molecule has 1 aromatic carbocycles. The van der Waals surface area contributed by atoms with Gasteiger partial charge < -0.3 is 5.32 Å². The predicted molar refractivity (Wildman–Crippen MR) is 67.3 cm³/mol. The van der Waals surface area contributed by atoms with E-state index in [4.69, 9.17) is 0 Å². The summed E-state index contributed by atoms with van der Waals surface area (Å²) in [6, 6.07) is 2.95. The standard InChI is InChI=1S/C14H17F4N/c1-3-4-5-9-12(19-2)10-7-6-8-11(13(10)15)14(16,17)18/h3,6-8,12,19H,1,4-5,9H2,2H3. The molecule has 0 saturated heterocycles. The van der Waals surface area contributed by atoms with Crippen LogP contribution in [-0.4, -0.2) is 7.05 Å². The van der Waals surface area contributed by atoms with E-state index in [2.05, 4.69) is 11.9 Å². The van der Waals surface area contributed by atoms with Gasteiger partial charge in [0, 0.05) is 11.6 Å². The lowest BCUT2D eigenvalue weighted by Gasteiger charge is -2.19. The van der Waals surface area contributed by atoms with Gasteiger partial charge >= 0.3 is 6.18 Å². The predicted octanol–water partition coefficient (Wildman–Crippen LogP) is 4.46. The fraction of sp³-hybridized carbons (Fsp3) is 0.429. The van der Waals surface area contributed by atoms with Gasteiger partial charge in [-0.3, -0.25) is 0 Å². The Hall–Kier alpha value is -1.36. The molecule has 0 fully saturated rings. The molecule has 106 valence electrons. The Labute approximate surface area is 110 Å². The minimum absolute atomic E-state index is 0.0568. The molecule has 0 aliphatic rings. The van der Waals surface area contributed by atoms with Crippen molar-refractivity contribution >= 4 is 0 Å². The number of halogens is 4. The molecule has 0 saturated carbocycles. The summed E-state index contributed by atoms with van der Waals surface area (Å²) in [5, 5.41) is 2.86. The molecular weight excluding hydrogens is 258 g/mol. The molecule has 0 aromatic heterocycles. The second-order valence-corrected chi connectivity index (χ2v) is 4.27. The third-order valence-corrected chi connectivity index (χ3v) is 2.96. The van der Waals surface area contributed by atoms with E-state index in [1.807, 2.05) is 0 Å². The lowest BCUT2D eigenvalue weighted by Crippen LogP contribution is -2.20. The van der Waals surface area contributed by atoms with Crippen LogP contribution in [0.3, 0.4) is 0 Å². The largest absolute Gasteiger partial charge is 0.419 e. The summed E-state index contributed by atoms with van der Waals surface area (Å²) in [6.45, 7) is 3.58. The van der Waals surface area contributed by atoms with E-state index in [0.717, 1.165) is 18.9 Å². The van der Waals surface area contributed by atoms with Crippen molar-refractivity contribution in [1.82, 2.24) is 5.32 Å².